The topological polar surface area (TPSA) is 84.2 Å². The van der Waals surface area contributed by atoms with Gasteiger partial charge in [-0.1, -0.05) is 26.8 Å². The van der Waals surface area contributed by atoms with E-state index in [1.165, 1.54) is 23.2 Å². The number of halogens is 1. The van der Waals surface area contributed by atoms with Gasteiger partial charge in [-0.2, -0.15) is 9.78 Å². The quantitative estimate of drug-likeness (QED) is 0.737. The predicted molar refractivity (Wildman–Crippen MR) is 111 cm³/mol. The maximum atomic E-state index is 12.8. The number of hydrogen-bond acceptors (Lipinski definition) is 4. The van der Waals surface area contributed by atoms with Crippen molar-refractivity contribution in [1.29, 1.82) is 0 Å². The summed E-state index contributed by atoms with van der Waals surface area (Å²) in [6, 6.07) is 6.51. The Morgan fingerprint density at radius 3 is 2.75 bits per heavy atom. The fourth-order valence-corrected chi connectivity index (χ4v) is 5.41. The highest BCUT2D eigenvalue weighted by molar-refractivity contribution is 9.10. The van der Waals surface area contributed by atoms with Crippen LogP contribution >= 0.6 is 15.9 Å². The molecule has 28 heavy (non-hydrogen) atoms. The molecule has 0 saturated heterocycles. The summed E-state index contributed by atoms with van der Waals surface area (Å²) in [6.45, 7) is 7.02. The lowest BCUT2D eigenvalue weighted by Gasteiger charge is -2.62. The van der Waals surface area contributed by atoms with Crippen molar-refractivity contribution >= 4 is 27.6 Å². The van der Waals surface area contributed by atoms with E-state index in [0.29, 0.717) is 39.1 Å². The molecule has 6 nitrogen and oxygen atoms in total. The summed E-state index contributed by atoms with van der Waals surface area (Å²) >= 11 is 3.42. The molecule has 2 N–H and O–H groups in total. The first-order valence-electron chi connectivity index (χ1n) is 9.58. The van der Waals surface area contributed by atoms with Crippen LogP contribution in [0.1, 0.15) is 44.0 Å². The van der Waals surface area contributed by atoms with Gasteiger partial charge < -0.3 is 10.4 Å². The van der Waals surface area contributed by atoms with E-state index in [-0.39, 0.29) is 11.1 Å². The van der Waals surface area contributed by atoms with Crippen molar-refractivity contribution in [3.63, 3.8) is 0 Å². The van der Waals surface area contributed by atoms with Crippen LogP contribution < -0.4 is 10.9 Å². The molecular formula is C21H24BrN3O3. The molecule has 5 rings (SSSR count). The molecule has 2 bridgehead atoms. The molecule has 0 spiro atoms. The highest BCUT2D eigenvalue weighted by Gasteiger charge is 2.56. The van der Waals surface area contributed by atoms with Crippen LogP contribution in [0.3, 0.4) is 0 Å². The van der Waals surface area contributed by atoms with Crippen LogP contribution in [0.25, 0.3) is 5.69 Å². The van der Waals surface area contributed by atoms with Crippen LogP contribution in [0.2, 0.25) is 0 Å². The van der Waals surface area contributed by atoms with E-state index in [1.54, 1.807) is 18.3 Å². The summed E-state index contributed by atoms with van der Waals surface area (Å²) in [4.78, 5) is 24.0. The Balaban J connectivity index is 1.60. The third kappa shape index (κ3) is 2.96. The molecule has 1 aromatic carbocycles. The zero-order valence-electron chi connectivity index (χ0n) is 16.1. The smallest absolute Gasteiger partial charge is 0.335 e. The summed E-state index contributed by atoms with van der Waals surface area (Å²) in [5.41, 5.74) is 1.31. The predicted octanol–water partition coefficient (Wildman–Crippen LogP) is 4.18. The molecule has 4 atom stereocenters. The van der Waals surface area contributed by atoms with Gasteiger partial charge >= 0.3 is 5.97 Å². The normalized spacial score (nSPS) is 27.7. The average Bonchev–Trinajstić information content (AvgIpc) is 2.66. The zero-order chi connectivity index (χ0) is 20.2. The van der Waals surface area contributed by atoms with Crippen LogP contribution in [0.4, 0.5) is 5.69 Å². The van der Waals surface area contributed by atoms with Gasteiger partial charge in [0.25, 0.3) is 5.56 Å². The minimum atomic E-state index is -1.04. The summed E-state index contributed by atoms with van der Waals surface area (Å²) in [7, 11) is 0. The fraction of sp³-hybridized carbons (Fsp3) is 0.476. The van der Waals surface area contributed by atoms with Crippen molar-refractivity contribution in [2.45, 2.75) is 39.7 Å². The molecule has 7 heteroatoms. The van der Waals surface area contributed by atoms with Crippen LogP contribution in [-0.4, -0.2) is 26.9 Å². The fourth-order valence-electron chi connectivity index (χ4n) is 5.03. The number of aromatic nitrogens is 2. The first-order valence-corrected chi connectivity index (χ1v) is 10.4. The summed E-state index contributed by atoms with van der Waals surface area (Å²) in [5.74, 6) is 0.910. The number of rotatable bonds is 4. The molecule has 0 aliphatic heterocycles. The summed E-state index contributed by atoms with van der Waals surface area (Å²) in [5, 5.41) is 17.0. The van der Waals surface area contributed by atoms with Gasteiger partial charge in [0, 0.05) is 6.04 Å². The van der Waals surface area contributed by atoms with Gasteiger partial charge in [0.15, 0.2) is 0 Å². The number of anilines is 1. The van der Waals surface area contributed by atoms with Crippen molar-refractivity contribution in [2.75, 3.05) is 5.32 Å². The van der Waals surface area contributed by atoms with E-state index in [1.807, 2.05) is 0 Å². The van der Waals surface area contributed by atoms with E-state index in [4.69, 9.17) is 5.11 Å². The molecular weight excluding hydrogens is 422 g/mol. The molecule has 148 valence electrons. The van der Waals surface area contributed by atoms with Crippen molar-refractivity contribution < 1.29 is 9.90 Å². The van der Waals surface area contributed by atoms with Gasteiger partial charge in [-0.05, 0) is 70.1 Å². The second-order valence-electron chi connectivity index (χ2n) is 8.65. The van der Waals surface area contributed by atoms with Gasteiger partial charge in [0.1, 0.15) is 4.47 Å². The first-order chi connectivity index (χ1) is 13.2. The van der Waals surface area contributed by atoms with Crippen LogP contribution in [0, 0.1) is 23.2 Å². The Bertz CT molecular complexity index is 1000. The molecule has 0 amide bonds. The maximum absolute atomic E-state index is 12.8. The summed E-state index contributed by atoms with van der Waals surface area (Å²) < 4.78 is 1.63. The molecule has 1 heterocycles. The molecule has 3 fully saturated rings. The second-order valence-corrected chi connectivity index (χ2v) is 9.44. The first kappa shape index (κ1) is 19.2. The number of carboxylic acid groups (broad SMARTS) is 1. The Kier molecular flexibility index (Phi) is 4.61. The zero-order valence-corrected chi connectivity index (χ0v) is 17.7. The Morgan fingerprint density at radius 1 is 1.36 bits per heavy atom. The molecule has 3 aliphatic carbocycles. The minimum Gasteiger partial charge on any atom is -0.478 e. The van der Waals surface area contributed by atoms with Crippen LogP contribution in [0.5, 0.6) is 0 Å². The lowest BCUT2D eigenvalue weighted by Crippen LogP contribution is -2.58. The highest BCUT2D eigenvalue weighted by Crippen LogP contribution is 2.61. The Hall–Kier alpha value is -2.15. The average molecular weight is 446 g/mol. The number of hydrogen-bond donors (Lipinski definition) is 2. The third-order valence-corrected chi connectivity index (χ3v) is 7.72. The van der Waals surface area contributed by atoms with E-state index >= 15 is 0 Å². The van der Waals surface area contributed by atoms with Gasteiger partial charge in [0.05, 0.1) is 23.1 Å². The SMILES string of the molecule is CC1[C@H]2C[C@@H](C[C@H]1Nc1cnn(-c3cccc(C(=O)O)c3)c(=O)c1Br)C2(C)C. The van der Waals surface area contributed by atoms with E-state index in [2.05, 4.69) is 47.1 Å². The lowest BCUT2D eigenvalue weighted by molar-refractivity contribution is -0.105. The second kappa shape index (κ2) is 6.72. The molecule has 1 aromatic heterocycles. The largest absolute Gasteiger partial charge is 0.478 e. The summed E-state index contributed by atoms with van der Waals surface area (Å²) in [6.07, 6.45) is 4.03. The molecule has 2 aromatic rings. The minimum absolute atomic E-state index is 0.113. The number of nitrogens with zero attached hydrogens (tertiary/aromatic N) is 2. The number of carbonyl (C=O) groups is 1. The number of aromatic carboxylic acids is 1. The maximum Gasteiger partial charge on any atom is 0.335 e. The third-order valence-electron chi connectivity index (χ3n) is 6.95. The highest BCUT2D eigenvalue weighted by atomic mass is 79.9. The van der Waals surface area contributed by atoms with Gasteiger partial charge in [-0.15, -0.1) is 0 Å². The monoisotopic (exact) mass is 445 g/mol. The Labute approximate surface area is 172 Å². The number of nitrogens with one attached hydrogen (secondary N) is 1. The van der Waals surface area contributed by atoms with Gasteiger partial charge in [0.2, 0.25) is 0 Å². The molecule has 0 radical (unpaired) electrons. The van der Waals surface area contributed by atoms with Crippen molar-refractivity contribution in [2.24, 2.45) is 23.2 Å². The number of fused-ring (bicyclic) bond motifs is 2. The van der Waals surface area contributed by atoms with Crippen molar-refractivity contribution in [3.05, 3.63) is 50.9 Å². The lowest BCUT2D eigenvalue weighted by atomic mass is 9.45. The van der Waals surface area contributed by atoms with E-state index < -0.39 is 5.97 Å². The van der Waals surface area contributed by atoms with Crippen molar-refractivity contribution in [1.82, 2.24) is 9.78 Å². The number of carboxylic acids is 1. The Morgan fingerprint density at radius 2 is 2.11 bits per heavy atom. The number of benzene rings is 1. The van der Waals surface area contributed by atoms with Gasteiger partial charge in [-0.3, -0.25) is 4.79 Å². The molecule has 3 aliphatic rings. The standard InChI is InChI=1S/C21H24BrN3O3/c1-11-15-8-13(21(15,2)3)9-16(11)24-17-10-23-25(19(26)18(17)22)14-6-4-5-12(7-14)20(27)28/h4-7,10-11,13,15-16,24H,8-9H2,1-3H3,(H,27,28)/t11?,13-,15+,16+/m0/s1. The molecule has 3 saturated carbocycles. The van der Waals surface area contributed by atoms with E-state index in [0.717, 1.165) is 12.3 Å². The van der Waals surface area contributed by atoms with Crippen molar-refractivity contribution in [3.8, 4) is 5.69 Å². The molecule has 1 unspecified atom stereocenters. The van der Waals surface area contributed by atoms with Crippen LogP contribution in [-0.2, 0) is 0 Å². The van der Waals surface area contributed by atoms with E-state index in [9.17, 15) is 9.59 Å². The van der Waals surface area contributed by atoms with Gasteiger partial charge in [-0.25, -0.2) is 4.79 Å². The van der Waals surface area contributed by atoms with Crippen LogP contribution in [0.15, 0.2) is 39.7 Å².